The maximum atomic E-state index is 14.0. The molecule has 9 heteroatoms. The fourth-order valence-electron chi connectivity index (χ4n) is 3.43. The Bertz CT molecular complexity index is 1020. The summed E-state index contributed by atoms with van der Waals surface area (Å²) in [5.74, 6) is 0.479. The van der Waals surface area contributed by atoms with Gasteiger partial charge in [-0.05, 0) is 36.4 Å². The van der Waals surface area contributed by atoms with Crippen molar-refractivity contribution in [3.63, 3.8) is 0 Å². The van der Waals surface area contributed by atoms with E-state index in [1.807, 2.05) is 24.3 Å². The van der Waals surface area contributed by atoms with Gasteiger partial charge in [0.15, 0.2) is 11.6 Å². The van der Waals surface area contributed by atoms with Crippen molar-refractivity contribution in [3.05, 3.63) is 60.4 Å². The number of halogens is 2. The summed E-state index contributed by atoms with van der Waals surface area (Å²) in [6.07, 6.45) is 1.36. The topological polar surface area (TPSA) is 79.5 Å². The molecule has 3 N–H and O–H groups in total. The molecular formula is C21H22F2N6O. The van der Waals surface area contributed by atoms with E-state index in [4.69, 9.17) is 10.5 Å². The summed E-state index contributed by atoms with van der Waals surface area (Å²) in [7, 11) is 1.64. The number of ether oxygens (including phenoxy) is 1. The molecule has 7 nitrogen and oxygen atoms in total. The number of hydrogen-bond donors (Lipinski definition) is 2. The van der Waals surface area contributed by atoms with Crippen molar-refractivity contribution in [1.29, 1.82) is 0 Å². The average Bonchev–Trinajstić information content (AvgIpc) is 2.78. The van der Waals surface area contributed by atoms with Crippen LogP contribution in [0.1, 0.15) is 0 Å². The van der Waals surface area contributed by atoms with Crippen molar-refractivity contribution >= 4 is 28.7 Å². The number of methoxy groups -OCH3 is 1. The maximum Gasteiger partial charge on any atom is 0.159 e. The zero-order valence-corrected chi connectivity index (χ0v) is 16.5. The van der Waals surface area contributed by atoms with Crippen LogP contribution in [0.5, 0.6) is 5.75 Å². The zero-order chi connectivity index (χ0) is 21.1. The number of nitrogens with one attached hydrogen (secondary N) is 1. The molecule has 0 radical (unpaired) electrons. The lowest BCUT2D eigenvalue weighted by molar-refractivity contribution is 0.415. The van der Waals surface area contributed by atoms with Gasteiger partial charge in [0.2, 0.25) is 0 Å². The highest BCUT2D eigenvalue weighted by Crippen LogP contribution is 2.31. The molecular weight excluding hydrogens is 390 g/mol. The molecule has 3 aromatic rings. The third kappa shape index (κ3) is 4.05. The van der Waals surface area contributed by atoms with Gasteiger partial charge in [-0.25, -0.2) is 18.7 Å². The Morgan fingerprint density at radius 1 is 0.967 bits per heavy atom. The van der Waals surface area contributed by atoms with Crippen LogP contribution in [0.4, 0.5) is 37.5 Å². The van der Waals surface area contributed by atoms with E-state index in [-0.39, 0.29) is 11.5 Å². The number of rotatable bonds is 5. The molecule has 0 atom stereocenters. The van der Waals surface area contributed by atoms with Crippen molar-refractivity contribution < 1.29 is 13.5 Å². The van der Waals surface area contributed by atoms with E-state index in [1.54, 1.807) is 7.11 Å². The standard InChI is InChI=1S/C21H22F2N6O/c1-30-16-5-3-15(4-6-16)28-8-10-29(11-9-28)21-19(24)20(25-13-26-21)27-18-12-14(22)2-7-17(18)23/h2-7,12-13H,8-11,24H2,1H3,(H,25,26,27). The first-order valence-electron chi connectivity index (χ1n) is 9.51. The van der Waals surface area contributed by atoms with E-state index in [2.05, 4.69) is 25.1 Å². The van der Waals surface area contributed by atoms with E-state index in [0.717, 1.165) is 42.7 Å². The van der Waals surface area contributed by atoms with E-state index in [9.17, 15) is 8.78 Å². The number of piperazine rings is 1. The second-order valence-electron chi connectivity index (χ2n) is 6.88. The fraction of sp³-hybridized carbons (Fsp3) is 0.238. The first-order valence-corrected chi connectivity index (χ1v) is 9.51. The van der Waals surface area contributed by atoms with Crippen molar-refractivity contribution in [2.24, 2.45) is 0 Å². The largest absolute Gasteiger partial charge is 0.497 e. The Kier molecular flexibility index (Phi) is 5.51. The molecule has 1 aliphatic heterocycles. The predicted molar refractivity (Wildman–Crippen MR) is 114 cm³/mol. The third-order valence-corrected chi connectivity index (χ3v) is 5.06. The molecule has 0 saturated carbocycles. The number of hydrogen-bond acceptors (Lipinski definition) is 7. The molecule has 2 aromatic carbocycles. The van der Waals surface area contributed by atoms with Crippen molar-refractivity contribution in [2.45, 2.75) is 0 Å². The number of nitrogens with zero attached hydrogens (tertiary/aromatic N) is 4. The minimum Gasteiger partial charge on any atom is -0.497 e. The van der Waals surface area contributed by atoms with Crippen LogP contribution in [0.3, 0.4) is 0 Å². The first kappa shape index (κ1) is 19.7. The van der Waals surface area contributed by atoms with Gasteiger partial charge in [0.05, 0.1) is 12.8 Å². The molecule has 0 unspecified atom stereocenters. The summed E-state index contributed by atoms with van der Waals surface area (Å²) in [6.45, 7) is 3.00. The van der Waals surface area contributed by atoms with Crippen LogP contribution in [-0.4, -0.2) is 43.3 Å². The number of anilines is 5. The molecule has 1 fully saturated rings. The van der Waals surface area contributed by atoms with Gasteiger partial charge >= 0.3 is 0 Å². The van der Waals surface area contributed by atoms with Crippen LogP contribution >= 0.6 is 0 Å². The monoisotopic (exact) mass is 412 g/mol. The van der Waals surface area contributed by atoms with Gasteiger partial charge in [0, 0.05) is 37.9 Å². The lowest BCUT2D eigenvalue weighted by Crippen LogP contribution is -2.47. The molecule has 1 aromatic heterocycles. The molecule has 30 heavy (non-hydrogen) atoms. The SMILES string of the molecule is COc1ccc(N2CCN(c3ncnc(Nc4cc(F)ccc4F)c3N)CC2)cc1. The normalized spacial score (nSPS) is 14.0. The molecule has 1 saturated heterocycles. The molecule has 4 rings (SSSR count). The molecule has 0 aliphatic carbocycles. The van der Waals surface area contributed by atoms with Crippen molar-refractivity contribution in [3.8, 4) is 5.75 Å². The molecule has 2 heterocycles. The van der Waals surface area contributed by atoms with Gasteiger partial charge in [0.1, 0.15) is 29.4 Å². The Morgan fingerprint density at radius 3 is 2.37 bits per heavy atom. The third-order valence-electron chi connectivity index (χ3n) is 5.06. The summed E-state index contributed by atoms with van der Waals surface area (Å²) < 4.78 is 32.6. The zero-order valence-electron chi connectivity index (χ0n) is 16.5. The van der Waals surface area contributed by atoms with Gasteiger partial charge in [-0.15, -0.1) is 0 Å². The predicted octanol–water partition coefficient (Wildman–Crippen LogP) is 3.42. The van der Waals surface area contributed by atoms with Crippen molar-refractivity contribution in [2.75, 3.05) is 54.1 Å². The highest BCUT2D eigenvalue weighted by Gasteiger charge is 2.22. The quantitative estimate of drug-likeness (QED) is 0.665. The molecule has 0 spiro atoms. The average molecular weight is 412 g/mol. The molecule has 0 bridgehead atoms. The number of benzene rings is 2. The summed E-state index contributed by atoms with van der Waals surface area (Å²) in [4.78, 5) is 12.7. The Labute approximate surface area is 173 Å². The van der Waals surface area contributed by atoms with Gasteiger partial charge in [-0.3, -0.25) is 0 Å². The molecule has 0 amide bonds. The summed E-state index contributed by atoms with van der Waals surface area (Å²) in [6, 6.07) is 11.1. The summed E-state index contributed by atoms with van der Waals surface area (Å²) in [5.41, 5.74) is 7.63. The smallest absolute Gasteiger partial charge is 0.159 e. The Hall–Kier alpha value is -3.62. The second-order valence-corrected chi connectivity index (χ2v) is 6.88. The van der Waals surface area contributed by atoms with E-state index in [1.165, 1.54) is 6.33 Å². The lowest BCUT2D eigenvalue weighted by Gasteiger charge is -2.37. The van der Waals surface area contributed by atoms with Crippen LogP contribution < -0.4 is 25.6 Å². The van der Waals surface area contributed by atoms with Crippen LogP contribution in [-0.2, 0) is 0 Å². The minimum absolute atomic E-state index is 0.0318. The first-order chi connectivity index (χ1) is 14.5. The second kappa shape index (κ2) is 8.40. The van der Waals surface area contributed by atoms with Crippen LogP contribution in [0.25, 0.3) is 0 Å². The fourth-order valence-corrected chi connectivity index (χ4v) is 3.43. The van der Waals surface area contributed by atoms with Gasteiger partial charge < -0.3 is 25.6 Å². The van der Waals surface area contributed by atoms with Gasteiger partial charge in [-0.2, -0.15) is 0 Å². The summed E-state index contributed by atoms with van der Waals surface area (Å²) >= 11 is 0. The van der Waals surface area contributed by atoms with Gasteiger partial charge in [0.25, 0.3) is 0 Å². The van der Waals surface area contributed by atoms with E-state index < -0.39 is 11.6 Å². The van der Waals surface area contributed by atoms with E-state index >= 15 is 0 Å². The van der Waals surface area contributed by atoms with E-state index in [0.29, 0.717) is 24.6 Å². The van der Waals surface area contributed by atoms with Crippen molar-refractivity contribution in [1.82, 2.24) is 9.97 Å². The number of aromatic nitrogens is 2. The lowest BCUT2D eigenvalue weighted by atomic mass is 10.2. The Morgan fingerprint density at radius 2 is 1.67 bits per heavy atom. The highest BCUT2D eigenvalue weighted by molar-refractivity contribution is 5.78. The van der Waals surface area contributed by atoms with Crippen LogP contribution in [0.2, 0.25) is 0 Å². The highest BCUT2D eigenvalue weighted by atomic mass is 19.1. The molecule has 156 valence electrons. The Balaban J connectivity index is 1.47. The summed E-state index contributed by atoms with van der Waals surface area (Å²) in [5, 5.41) is 2.77. The van der Waals surface area contributed by atoms with Gasteiger partial charge in [-0.1, -0.05) is 0 Å². The number of nitrogen functional groups attached to an aromatic ring is 1. The number of nitrogens with two attached hydrogens (primary N) is 1. The van der Waals surface area contributed by atoms with Crippen LogP contribution in [0.15, 0.2) is 48.8 Å². The minimum atomic E-state index is -0.593. The van der Waals surface area contributed by atoms with Crippen LogP contribution in [0, 0.1) is 11.6 Å². The molecule has 1 aliphatic rings. The maximum absolute atomic E-state index is 14.0.